The molecule has 0 radical (unpaired) electrons. The number of hydrogen-bond donors (Lipinski definition) is 0. The van der Waals surface area contributed by atoms with E-state index < -0.39 is 25.7 Å². The van der Waals surface area contributed by atoms with E-state index in [0.29, 0.717) is 23.0 Å². The lowest BCUT2D eigenvalue weighted by Gasteiger charge is -2.39. The third-order valence-corrected chi connectivity index (χ3v) is 11.7. The number of carbonyl (C=O) groups is 2. The summed E-state index contributed by atoms with van der Waals surface area (Å²) in [5, 5.41) is -0.116. The third-order valence-electron chi connectivity index (χ3n) is 6.40. The van der Waals surface area contributed by atoms with Crippen LogP contribution in [-0.4, -0.2) is 74.0 Å². The van der Waals surface area contributed by atoms with E-state index in [0.717, 1.165) is 5.56 Å². The second-order valence-electron chi connectivity index (χ2n) is 9.90. The van der Waals surface area contributed by atoms with Crippen LogP contribution in [0.15, 0.2) is 12.1 Å². The zero-order valence-electron chi connectivity index (χ0n) is 24.0. The highest BCUT2D eigenvalue weighted by molar-refractivity contribution is 7.98. The van der Waals surface area contributed by atoms with E-state index in [1.165, 1.54) is 11.8 Å². The molecule has 0 fully saturated rings. The van der Waals surface area contributed by atoms with Crippen molar-refractivity contribution >= 4 is 32.0 Å². The molecule has 0 amide bonds. The Kier molecular flexibility index (Phi) is 13.3. The number of thioether (sulfide) groups is 1. The van der Waals surface area contributed by atoms with Gasteiger partial charge in [-0.25, -0.2) is 0 Å². The number of ether oxygens (including phenoxy) is 6. The predicted octanol–water partition coefficient (Wildman–Crippen LogP) is 5.05. The van der Waals surface area contributed by atoms with Gasteiger partial charge in [0.05, 0.1) is 53.7 Å². The van der Waals surface area contributed by atoms with Gasteiger partial charge < -0.3 is 32.8 Å². The molecule has 1 rings (SSSR count). The first kappa shape index (κ1) is 33.1. The van der Waals surface area contributed by atoms with E-state index in [4.69, 9.17) is 32.8 Å². The fourth-order valence-corrected chi connectivity index (χ4v) is 4.87. The van der Waals surface area contributed by atoms with Crippen molar-refractivity contribution in [2.75, 3.05) is 53.7 Å². The first-order valence-corrected chi connectivity index (χ1v) is 16.3. The summed E-state index contributed by atoms with van der Waals surface area (Å²) in [5.41, 5.74) is -0.889. The summed E-state index contributed by atoms with van der Waals surface area (Å²) in [4.78, 5) is 26.3. The van der Waals surface area contributed by atoms with E-state index in [1.807, 2.05) is 0 Å². The molecule has 0 bridgehead atoms. The Hall–Kier alpha value is -1.95. The zero-order chi connectivity index (χ0) is 28.3. The molecule has 0 aliphatic carbocycles. The van der Waals surface area contributed by atoms with E-state index in [2.05, 4.69) is 33.9 Å². The number of methoxy groups -OCH3 is 3. The first-order valence-electron chi connectivity index (χ1n) is 12.3. The Bertz CT molecular complexity index is 840. The maximum Gasteiger partial charge on any atom is 0.328 e. The molecule has 11 heteroatoms. The topological polar surface area (TPSA) is 98.8 Å². The SMILES string of the molecule is CCOC(=O)C(COCSCc1c(OC)cc(OC)cc1OC)(CO[Si](C)(C)C(C)(C)C)C(=O)OCC. The van der Waals surface area contributed by atoms with Crippen molar-refractivity contribution in [2.24, 2.45) is 5.41 Å². The molecule has 37 heavy (non-hydrogen) atoms. The molecule has 0 atom stereocenters. The van der Waals surface area contributed by atoms with Crippen molar-refractivity contribution in [3.05, 3.63) is 17.7 Å². The van der Waals surface area contributed by atoms with Crippen LogP contribution in [0.1, 0.15) is 40.2 Å². The van der Waals surface area contributed by atoms with Crippen LogP contribution >= 0.6 is 11.8 Å². The molecule has 0 aliphatic heterocycles. The quantitative estimate of drug-likeness (QED) is 0.0897. The largest absolute Gasteiger partial charge is 0.496 e. The molecule has 0 aromatic heterocycles. The average Bonchev–Trinajstić information content (AvgIpc) is 2.84. The van der Waals surface area contributed by atoms with Crippen molar-refractivity contribution in [3.63, 3.8) is 0 Å². The van der Waals surface area contributed by atoms with Gasteiger partial charge in [-0.3, -0.25) is 9.59 Å². The molecule has 0 N–H and O–H groups in total. The van der Waals surface area contributed by atoms with Crippen molar-refractivity contribution < 1.29 is 42.4 Å². The molecular formula is C26H44O9SSi. The Morgan fingerprint density at radius 1 is 0.865 bits per heavy atom. The van der Waals surface area contributed by atoms with Gasteiger partial charge in [0.2, 0.25) is 5.41 Å². The predicted molar refractivity (Wildman–Crippen MR) is 147 cm³/mol. The molecule has 212 valence electrons. The van der Waals surface area contributed by atoms with Gasteiger partial charge in [-0.1, -0.05) is 20.8 Å². The van der Waals surface area contributed by atoms with Crippen LogP contribution < -0.4 is 14.2 Å². The number of hydrogen-bond acceptors (Lipinski definition) is 10. The van der Waals surface area contributed by atoms with E-state index in [1.54, 1.807) is 47.3 Å². The van der Waals surface area contributed by atoms with E-state index in [-0.39, 0.29) is 37.4 Å². The highest BCUT2D eigenvalue weighted by Gasteiger charge is 2.52. The van der Waals surface area contributed by atoms with Gasteiger partial charge in [0.15, 0.2) is 8.32 Å². The Morgan fingerprint density at radius 2 is 1.38 bits per heavy atom. The molecular weight excluding hydrogens is 516 g/mol. The summed E-state index contributed by atoms with van der Waals surface area (Å²) >= 11 is 1.44. The van der Waals surface area contributed by atoms with Gasteiger partial charge in [0.1, 0.15) is 17.2 Å². The summed E-state index contributed by atoms with van der Waals surface area (Å²) in [6.45, 7) is 13.6. The van der Waals surface area contributed by atoms with Crippen molar-refractivity contribution in [1.29, 1.82) is 0 Å². The molecule has 0 heterocycles. The Balaban J connectivity index is 3.07. The highest BCUT2D eigenvalue weighted by atomic mass is 32.2. The van der Waals surface area contributed by atoms with Crippen molar-refractivity contribution in [1.82, 2.24) is 0 Å². The van der Waals surface area contributed by atoms with Crippen LogP contribution in [0.5, 0.6) is 17.2 Å². The summed E-state index contributed by atoms with van der Waals surface area (Å²) in [6, 6.07) is 3.56. The lowest BCUT2D eigenvalue weighted by molar-refractivity contribution is -0.179. The molecule has 1 aromatic rings. The van der Waals surface area contributed by atoms with Crippen molar-refractivity contribution in [3.8, 4) is 17.2 Å². The maximum absolute atomic E-state index is 13.1. The van der Waals surface area contributed by atoms with Gasteiger partial charge in [-0.05, 0) is 32.0 Å². The minimum atomic E-state index is -2.29. The number of benzene rings is 1. The van der Waals surface area contributed by atoms with Gasteiger partial charge in [-0.15, -0.1) is 11.8 Å². The number of rotatable bonds is 16. The monoisotopic (exact) mass is 560 g/mol. The van der Waals surface area contributed by atoms with E-state index >= 15 is 0 Å². The maximum atomic E-state index is 13.1. The second kappa shape index (κ2) is 14.8. The lowest BCUT2D eigenvalue weighted by atomic mass is 9.90. The molecule has 1 aromatic carbocycles. The normalized spacial score (nSPS) is 12.2. The van der Waals surface area contributed by atoms with Crippen LogP contribution in [-0.2, 0) is 34.0 Å². The minimum absolute atomic E-state index is 0.116. The lowest BCUT2D eigenvalue weighted by Crippen LogP contribution is -2.53. The Morgan fingerprint density at radius 3 is 1.78 bits per heavy atom. The van der Waals surface area contributed by atoms with E-state index in [9.17, 15) is 9.59 Å². The highest BCUT2D eigenvalue weighted by Crippen LogP contribution is 2.39. The molecule has 9 nitrogen and oxygen atoms in total. The fourth-order valence-electron chi connectivity index (χ4n) is 3.06. The van der Waals surface area contributed by atoms with Crippen molar-refractivity contribution in [2.45, 2.75) is 58.5 Å². The van der Waals surface area contributed by atoms with Crippen LogP contribution in [0.4, 0.5) is 0 Å². The average molecular weight is 561 g/mol. The first-order chi connectivity index (χ1) is 17.3. The van der Waals surface area contributed by atoms with Gasteiger partial charge in [-0.2, -0.15) is 0 Å². The summed E-state index contributed by atoms with van der Waals surface area (Å²) in [5.74, 6) is 1.14. The molecule has 0 unspecified atom stereocenters. The molecule has 0 aliphatic rings. The smallest absolute Gasteiger partial charge is 0.328 e. The zero-order valence-corrected chi connectivity index (χ0v) is 25.8. The van der Waals surface area contributed by atoms with Crippen LogP contribution in [0.2, 0.25) is 18.1 Å². The van der Waals surface area contributed by atoms with Crippen LogP contribution in [0.25, 0.3) is 0 Å². The van der Waals surface area contributed by atoms with Gasteiger partial charge in [0, 0.05) is 23.4 Å². The summed E-state index contributed by atoms with van der Waals surface area (Å²) in [6.07, 6.45) is 0. The molecule has 0 spiro atoms. The molecule has 0 saturated heterocycles. The fraction of sp³-hybridized carbons (Fsp3) is 0.692. The van der Waals surface area contributed by atoms with Gasteiger partial charge >= 0.3 is 11.9 Å². The second-order valence-corrected chi connectivity index (χ2v) is 15.6. The number of carbonyl (C=O) groups excluding carboxylic acids is 2. The summed E-state index contributed by atoms with van der Waals surface area (Å²) in [7, 11) is 2.44. The van der Waals surface area contributed by atoms with Crippen LogP contribution in [0, 0.1) is 5.41 Å². The third kappa shape index (κ3) is 8.80. The van der Waals surface area contributed by atoms with Gasteiger partial charge in [0.25, 0.3) is 0 Å². The summed E-state index contributed by atoms with van der Waals surface area (Å²) < 4.78 is 39.1. The molecule has 0 saturated carbocycles. The van der Waals surface area contributed by atoms with Crippen LogP contribution in [0.3, 0.4) is 0 Å². The standard InChI is InChI=1S/C26H44O9SSi/c1-11-33-23(27)26(24(28)34-12-2,17-35-37(9,10)25(3,4)5)16-32-18-36-15-20-21(30-7)13-19(29-6)14-22(20)31-8/h13-14H,11-12,15-18H2,1-10H3. The number of esters is 2. The minimum Gasteiger partial charge on any atom is -0.496 e. The Labute approximate surface area is 226 Å².